The van der Waals surface area contributed by atoms with E-state index in [0.717, 1.165) is 32.1 Å². The van der Waals surface area contributed by atoms with Crippen LogP contribution in [0, 0.1) is 5.92 Å². The van der Waals surface area contributed by atoms with Crippen LogP contribution in [0.4, 0.5) is 0 Å². The third-order valence-corrected chi connectivity index (χ3v) is 4.89. The summed E-state index contributed by atoms with van der Waals surface area (Å²) in [7, 11) is 0. The van der Waals surface area contributed by atoms with Gasteiger partial charge in [0.15, 0.2) is 0 Å². The Morgan fingerprint density at radius 2 is 1.72 bits per heavy atom. The van der Waals surface area contributed by atoms with Crippen molar-refractivity contribution in [1.29, 1.82) is 0 Å². The number of hydrogen-bond donors (Lipinski definition) is 1. The molecule has 2 rings (SSSR count). The average Bonchev–Trinajstić information content (AvgIpc) is 2.28. The molecular weight excluding hydrogens is 224 g/mol. The third kappa shape index (κ3) is 2.56. The lowest BCUT2D eigenvalue weighted by molar-refractivity contribution is -0.145. The molecule has 0 bridgehead atoms. The number of carbonyl (C=O) groups is 1. The summed E-state index contributed by atoms with van der Waals surface area (Å²) < 4.78 is 0. The van der Waals surface area contributed by atoms with Gasteiger partial charge in [0.1, 0.15) is 0 Å². The van der Waals surface area contributed by atoms with Gasteiger partial charge in [-0.3, -0.25) is 4.79 Å². The van der Waals surface area contributed by atoms with E-state index in [1.54, 1.807) is 0 Å². The fourth-order valence-corrected chi connectivity index (χ4v) is 3.86. The Balaban J connectivity index is 2.13. The number of hydrogen-bond acceptors (Lipinski definition) is 2. The molecule has 1 saturated heterocycles. The molecule has 4 unspecified atom stereocenters. The van der Waals surface area contributed by atoms with Gasteiger partial charge in [0.2, 0.25) is 5.91 Å². The van der Waals surface area contributed by atoms with Crippen molar-refractivity contribution in [2.45, 2.75) is 83.3 Å². The zero-order valence-corrected chi connectivity index (χ0v) is 12.1. The summed E-state index contributed by atoms with van der Waals surface area (Å²) in [5.41, 5.74) is 5.87. The first-order chi connectivity index (χ1) is 8.44. The van der Waals surface area contributed by atoms with Gasteiger partial charge in [-0.15, -0.1) is 0 Å². The van der Waals surface area contributed by atoms with Crippen molar-refractivity contribution in [2.75, 3.05) is 0 Å². The van der Waals surface area contributed by atoms with Crippen LogP contribution in [0.1, 0.15) is 65.7 Å². The van der Waals surface area contributed by atoms with Crippen LogP contribution in [0.25, 0.3) is 0 Å². The Hall–Kier alpha value is -0.570. The molecule has 1 saturated carbocycles. The molecule has 0 aromatic carbocycles. The van der Waals surface area contributed by atoms with Crippen molar-refractivity contribution in [3.8, 4) is 0 Å². The fourth-order valence-electron chi connectivity index (χ4n) is 3.86. The number of carbonyl (C=O) groups excluding carboxylic acids is 1. The van der Waals surface area contributed by atoms with Crippen LogP contribution in [0.5, 0.6) is 0 Å². The highest BCUT2D eigenvalue weighted by Crippen LogP contribution is 2.34. The number of likely N-dealkylation sites (tertiary alicyclic amines) is 1. The molecule has 3 nitrogen and oxygen atoms in total. The van der Waals surface area contributed by atoms with Gasteiger partial charge in [0.05, 0.1) is 5.54 Å². The topological polar surface area (TPSA) is 46.3 Å². The molecule has 0 aromatic heterocycles. The van der Waals surface area contributed by atoms with Crippen molar-refractivity contribution in [3.63, 3.8) is 0 Å². The minimum atomic E-state index is -0.586. The lowest BCUT2D eigenvalue weighted by Gasteiger charge is -2.46. The zero-order valence-electron chi connectivity index (χ0n) is 12.1. The summed E-state index contributed by atoms with van der Waals surface area (Å²) in [5, 5.41) is 0. The minimum absolute atomic E-state index is 0.216. The number of nitrogens with zero attached hydrogens (tertiary/aromatic N) is 1. The SMILES string of the molecule is CC1CCCC(N)(C(=O)N2C(C)CCCC2C)C1. The van der Waals surface area contributed by atoms with Gasteiger partial charge in [-0.2, -0.15) is 0 Å². The van der Waals surface area contributed by atoms with Gasteiger partial charge in [0.25, 0.3) is 0 Å². The van der Waals surface area contributed by atoms with Crippen LogP contribution in [0.2, 0.25) is 0 Å². The van der Waals surface area contributed by atoms with E-state index in [1.807, 2.05) is 0 Å². The molecule has 0 aromatic rings. The van der Waals surface area contributed by atoms with Crippen molar-refractivity contribution in [3.05, 3.63) is 0 Å². The van der Waals surface area contributed by atoms with Gasteiger partial charge >= 0.3 is 0 Å². The molecule has 2 N–H and O–H groups in total. The first-order valence-electron chi connectivity index (χ1n) is 7.55. The van der Waals surface area contributed by atoms with E-state index < -0.39 is 5.54 Å². The van der Waals surface area contributed by atoms with Crippen molar-refractivity contribution in [2.24, 2.45) is 11.7 Å². The largest absolute Gasteiger partial charge is 0.336 e. The van der Waals surface area contributed by atoms with Crippen molar-refractivity contribution >= 4 is 5.91 Å². The van der Waals surface area contributed by atoms with Gasteiger partial charge in [0, 0.05) is 12.1 Å². The molecule has 18 heavy (non-hydrogen) atoms. The summed E-state index contributed by atoms with van der Waals surface area (Å²) in [6.07, 6.45) is 7.54. The van der Waals surface area contributed by atoms with Gasteiger partial charge < -0.3 is 10.6 Å². The van der Waals surface area contributed by atoms with Crippen LogP contribution in [0.15, 0.2) is 0 Å². The van der Waals surface area contributed by atoms with E-state index in [4.69, 9.17) is 5.73 Å². The number of rotatable bonds is 1. The van der Waals surface area contributed by atoms with Gasteiger partial charge in [-0.1, -0.05) is 19.8 Å². The van der Waals surface area contributed by atoms with Gasteiger partial charge in [-0.25, -0.2) is 0 Å². The second kappa shape index (κ2) is 5.20. The highest BCUT2D eigenvalue weighted by molar-refractivity contribution is 5.87. The molecule has 0 spiro atoms. The Labute approximate surface area is 111 Å². The van der Waals surface area contributed by atoms with Crippen molar-refractivity contribution < 1.29 is 4.79 Å². The molecule has 4 atom stereocenters. The molecule has 3 heteroatoms. The van der Waals surface area contributed by atoms with Crippen LogP contribution in [0.3, 0.4) is 0 Å². The maximum Gasteiger partial charge on any atom is 0.243 e. The first-order valence-corrected chi connectivity index (χ1v) is 7.55. The zero-order chi connectivity index (χ0) is 13.3. The highest BCUT2D eigenvalue weighted by atomic mass is 16.2. The maximum atomic E-state index is 12.8. The molecule has 1 heterocycles. The normalized spacial score (nSPS) is 41.8. The van der Waals surface area contributed by atoms with E-state index in [1.165, 1.54) is 12.8 Å². The molecule has 1 aliphatic carbocycles. The quantitative estimate of drug-likeness (QED) is 0.780. The van der Waals surface area contributed by atoms with Gasteiger partial charge in [-0.05, 0) is 51.9 Å². The second-order valence-corrected chi connectivity index (χ2v) is 6.70. The minimum Gasteiger partial charge on any atom is -0.336 e. The standard InChI is InChI=1S/C15H28N2O/c1-11-6-5-9-15(16,10-11)14(18)17-12(2)7-4-8-13(17)3/h11-13H,4-10,16H2,1-3H3. The number of piperidine rings is 1. The van der Waals surface area contributed by atoms with E-state index in [0.29, 0.717) is 18.0 Å². The smallest absolute Gasteiger partial charge is 0.243 e. The monoisotopic (exact) mass is 252 g/mol. The predicted molar refractivity (Wildman–Crippen MR) is 74.2 cm³/mol. The molecule has 2 aliphatic rings. The summed E-state index contributed by atoms with van der Waals surface area (Å²) in [6, 6.07) is 0.720. The van der Waals surface area contributed by atoms with Crippen LogP contribution < -0.4 is 5.73 Å². The molecule has 1 aliphatic heterocycles. The summed E-state index contributed by atoms with van der Waals surface area (Å²) in [4.78, 5) is 14.9. The lowest BCUT2D eigenvalue weighted by atomic mass is 9.75. The Bertz CT molecular complexity index is 308. The lowest BCUT2D eigenvalue weighted by Crippen LogP contribution is -2.61. The Morgan fingerprint density at radius 1 is 1.11 bits per heavy atom. The number of amides is 1. The van der Waals surface area contributed by atoms with E-state index in [9.17, 15) is 4.79 Å². The molecule has 0 radical (unpaired) electrons. The summed E-state index contributed by atoms with van der Waals surface area (Å²) in [6.45, 7) is 6.56. The van der Waals surface area contributed by atoms with Crippen LogP contribution in [-0.4, -0.2) is 28.4 Å². The predicted octanol–water partition coefficient (Wildman–Crippen LogP) is 2.68. The van der Waals surface area contributed by atoms with E-state index in [2.05, 4.69) is 25.7 Å². The van der Waals surface area contributed by atoms with E-state index in [-0.39, 0.29) is 5.91 Å². The summed E-state index contributed by atoms with van der Waals surface area (Å²) in [5.74, 6) is 0.803. The molecular formula is C15H28N2O. The highest BCUT2D eigenvalue weighted by Gasteiger charge is 2.43. The van der Waals surface area contributed by atoms with Crippen LogP contribution >= 0.6 is 0 Å². The fraction of sp³-hybridized carbons (Fsp3) is 0.933. The average molecular weight is 252 g/mol. The molecule has 2 fully saturated rings. The molecule has 104 valence electrons. The van der Waals surface area contributed by atoms with E-state index >= 15 is 0 Å². The van der Waals surface area contributed by atoms with Crippen molar-refractivity contribution in [1.82, 2.24) is 4.90 Å². The van der Waals surface area contributed by atoms with Crippen LogP contribution in [-0.2, 0) is 4.79 Å². The number of nitrogens with two attached hydrogens (primary N) is 1. The molecule has 1 amide bonds. The maximum absolute atomic E-state index is 12.8. The second-order valence-electron chi connectivity index (χ2n) is 6.70. The third-order valence-electron chi connectivity index (χ3n) is 4.89. The first kappa shape index (κ1) is 13.9. The summed E-state index contributed by atoms with van der Waals surface area (Å²) >= 11 is 0. The Morgan fingerprint density at radius 3 is 2.28 bits per heavy atom. The Kier molecular flexibility index (Phi) is 4.00.